The van der Waals surface area contributed by atoms with Crippen molar-refractivity contribution in [1.29, 1.82) is 0 Å². The Morgan fingerprint density at radius 1 is 1.17 bits per heavy atom. The Bertz CT molecular complexity index is 508. The maximum absolute atomic E-state index is 12.5. The van der Waals surface area contributed by atoms with Gasteiger partial charge in [-0.15, -0.1) is 0 Å². The SMILES string of the molecule is NCC(NC(=O)Cc1ccc(C(F)(F)F)cc1)C1CCCCC1. The molecule has 6 heteroatoms. The monoisotopic (exact) mass is 328 g/mol. The van der Waals surface area contributed by atoms with E-state index in [0.717, 1.165) is 37.8 Å². The quantitative estimate of drug-likeness (QED) is 0.871. The number of nitrogens with two attached hydrogens (primary N) is 1. The highest BCUT2D eigenvalue weighted by atomic mass is 19.4. The van der Waals surface area contributed by atoms with Crippen LogP contribution in [0.1, 0.15) is 43.2 Å². The van der Waals surface area contributed by atoms with E-state index in [1.807, 2.05) is 0 Å². The van der Waals surface area contributed by atoms with Crippen LogP contribution >= 0.6 is 0 Å². The highest BCUT2D eigenvalue weighted by molar-refractivity contribution is 5.78. The van der Waals surface area contributed by atoms with Gasteiger partial charge in [-0.05, 0) is 36.5 Å². The van der Waals surface area contributed by atoms with E-state index in [-0.39, 0.29) is 18.4 Å². The van der Waals surface area contributed by atoms with E-state index in [0.29, 0.717) is 18.0 Å². The molecule has 0 bridgehead atoms. The van der Waals surface area contributed by atoms with Crippen molar-refractivity contribution in [3.8, 4) is 0 Å². The van der Waals surface area contributed by atoms with E-state index >= 15 is 0 Å². The van der Waals surface area contributed by atoms with Crippen molar-refractivity contribution in [3.63, 3.8) is 0 Å². The van der Waals surface area contributed by atoms with Crippen LogP contribution in [0.15, 0.2) is 24.3 Å². The Hall–Kier alpha value is -1.56. The van der Waals surface area contributed by atoms with E-state index in [2.05, 4.69) is 5.32 Å². The Labute approximate surface area is 134 Å². The third-order valence-corrected chi connectivity index (χ3v) is 4.47. The molecule has 128 valence electrons. The average molecular weight is 328 g/mol. The topological polar surface area (TPSA) is 55.1 Å². The maximum atomic E-state index is 12.5. The molecule has 1 atom stereocenters. The summed E-state index contributed by atoms with van der Waals surface area (Å²) in [5.74, 6) is 0.219. The first-order valence-electron chi connectivity index (χ1n) is 8.05. The van der Waals surface area contributed by atoms with Crippen LogP contribution in [0.2, 0.25) is 0 Å². The van der Waals surface area contributed by atoms with Gasteiger partial charge in [-0.25, -0.2) is 0 Å². The van der Waals surface area contributed by atoms with Gasteiger partial charge in [-0.1, -0.05) is 31.4 Å². The standard InChI is InChI=1S/C17H23F3N2O/c18-17(19,20)14-8-6-12(7-9-14)10-16(23)22-15(11-21)13-4-2-1-3-5-13/h6-9,13,15H,1-5,10-11,21H2,(H,22,23). The molecule has 2 rings (SSSR count). The van der Waals surface area contributed by atoms with Gasteiger partial charge in [0, 0.05) is 12.6 Å². The fourth-order valence-electron chi connectivity index (χ4n) is 3.16. The third kappa shape index (κ3) is 5.23. The van der Waals surface area contributed by atoms with E-state index in [1.54, 1.807) is 0 Å². The highest BCUT2D eigenvalue weighted by Crippen LogP contribution is 2.29. The van der Waals surface area contributed by atoms with E-state index in [9.17, 15) is 18.0 Å². The molecule has 3 nitrogen and oxygen atoms in total. The molecule has 1 saturated carbocycles. The summed E-state index contributed by atoms with van der Waals surface area (Å²) >= 11 is 0. The average Bonchev–Trinajstić information content (AvgIpc) is 2.53. The van der Waals surface area contributed by atoms with Gasteiger partial charge in [0.25, 0.3) is 0 Å². The maximum Gasteiger partial charge on any atom is 0.416 e. The first kappa shape index (κ1) is 17.8. The molecule has 1 aliphatic rings. The number of halogens is 3. The molecule has 0 aliphatic heterocycles. The normalized spacial score (nSPS) is 17.7. The fraction of sp³-hybridized carbons (Fsp3) is 0.588. The zero-order chi connectivity index (χ0) is 16.9. The number of carbonyl (C=O) groups is 1. The van der Waals surface area contributed by atoms with E-state index in [4.69, 9.17) is 5.73 Å². The molecular weight excluding hydrogens is 305 g/mol. The first-order chi connectivity index (χ1) is 10.9. The summed E-state index contributed by atoms with van der Waals surface area (Å²) in [5, 5.41) is 2.94. The van der Waals surface area contributed by atoms with Crippen LogP contribution in [-0.2, 0) is 17.4 Å². The van der Waals surface area contributed by atoms with Crippen LogP contribution in [0, 0.1) is 5.92 Å². The van der Waals surface area contributed by atoms with Gasteiger partial charge in [-0.2, -0.15) is 13.2 Å². The van der Waals surface area contributed by atoms with Crippen LogP contribution < -0.4 is 11.1 Å². The lowest BCUT2D eigenvalue weighted by atomic mass is 9.84. The van der Waals surface area contributed by atoms with Crippen molar-refractivity contribution in [1.82, 2.24) is 5.32 Å². The molecule has 0 aromatic heterocycles. The molecule has 1 aliphatic carbocycles. The van der Waals surface area contributed by atoms with Crippen LogP contribution in [-0.4, -0.2) is 18.5 Å². The molecule has 1 aromatic carbocycles. The molecule has 0 spiro atoms. The van der Waals surface area contributed by atoms with Crippen LogP contribution in [0.4, 0.5) is 13.2 Å². The molecule has 0 saturated heterocycles. The third-order valence-electron chi connectivity index (χ3n) is 4.47. The minimum atomic E-state index is -4.35. The summed E-state index contributed by atoms with van der Waals surface area (Å²) in [7, 11) is 0. The molecule has 3 N–H and O–H groups in total. The summed E-state index contributed by atoms with van der Waals surface area (Å²) in [6, 6.07) is 4.66. The lowest BCUT2D eigenvalue weighted by Crippen LogP contribution is -2.46. The number of amides is 1. The number of hydrogen-bond donors (Lipinski definition) is 2. The Kier molecular flexibility index (Phi) is 6.04. The van der Waals surface area contributed by atoms with E-state index in [1.165, 1.54) is 18.6 Å². The molecule has 0 heterocycles. The number of nitrogens with one attached hydrogen (secondary N) is 1. The molecule has 1 amide bonds. The predicted molar refractivity (Wildman–Crippen MR) is 82.7 cm³/mol. The molecule has 1 unspecified atom stereocenters. The summed E-state index contributed by atoms with van der Waals surface area (Å²) < 4.78 is 37.5. The van der Waals surface area contributed by atoms with Gasteiger partial charge in [0.2, 0.25) is 5.91 Å². The Morgan fingerprint density at radius 3 is 2.30 bits per heavy atom. The second kappa shape index (κ2) is 7.81. The summed E-state index contributed by atoms with van der Waals surface area (Å²) in [5.41, 5.74) is 5.63. The largest absolute Gasteiger partial charge is 0.416 e. The minimum Gasteiger partial charge on any atom is -0.352 e. The van der Waals surface area contributed by atoms with Crippen molar-refractivity contribution < 1.29 is 18.0 Å². The van der Waals surface area contributed by atoms with Crippen LogP contribution in [0.5, 0.6) is 0 Å². The Balaban J connectivity index is 1.90. The van der Waals surface area contributed by atoms with Gasteiger partial charge in [0.05, 0.1) is 12.0 Å². The van der Waals surface area contributed by atoms with Crippen molar-refractivity contribution >= 4 is 5.91 Å². The van der Waals surface area contributed by atoms with E-state index < -0.39 is 11.7 Å². The zero-order valence-electron chi connectivity index (χ0n) is 13.0. The number of carbonyl (C=O) groups excluding carboxylic acids is 1. The zero-order valence-corrected chi connectivity index (χ0v) is 13.0. The summed E-state index contributed by atoms with van der Waals surface area (Å²) in [6.07, 6.45) is 1.41. The molecule has 23 heavy (non-hydrogen) atoms. The number of alkyl halides is 3. The first-order valence-corrected chi connectivity index (χ1v) is 8.05. The Morgan fingerprint density at radius 2 is 1.78 bits per heavy atom. The lowest BCUT2D eigenvalue weighted by molar-refractivity contribution is -0.137. The number of rotatable bonds is 5. The summed E-state index contributed by atoms with van der Waals surface area (Å²) in [4.78, 5) is 12.1. The second-order valence-electron chi connectivity index (χ2n) is 6.18. The number of hydrogen-bond acceptors (Lipinski definition) is 2. The van der Waals surface area contributed by atoms with Gasteiger partial charge in [-0.3, -0.25) is 4.79 Å². The van der Waals surface area contributed by atoms with Gasteiger partial charge >= 0.3 is 6.18 Å². The van der Waals surface area contributed by atoms with Crippen molar-refractivity contribution in [2.45, 2.75) is 50.7 Å². The lowest BCUT2D eigenvalue weighted by Gasteiger charge is -2.30. The second-order valence-corrected chi connectivity index (χ2v) is 6.18. The predicted octanol–water partition coefficient (Wildman–Crippen LogP) is 3.27. The smallest absolute Gasteiger partial charge is 0.352 e. The van der Waals surface area contributed by atoms with Crippen LogP contribution in [0.3, 0.4) is 0 Å². The molecular formula is C17H23F3N2O. The minimum absolute atomic E-state index is 0.0442. The number of benzene rings is 1. The van der Waals surface area contributed by atoms with Gasteiger partial charge in [0.1, 0.15) is 0 Å². The highest BCUT2D eigenvalue weighted by Gasteiger charge is 2.30. The van der Waals surface area contributed by atoms with Crippen molar-refractivity contribution in [3.05, 3.63) is 35.4 Å². The van der Waals surface area contributed by atoms with Crippen molar-refractivity contribution in [2.24, 2.45) is 11.7 Å². The van der Waals surface area contributed by atoms with Gasteiger partial charge in [0.15, 0.2) is 0 Å². The molecule has 0 radical (unpaired) electrons. The molecule has 1 fully saturated rings. The van der Waals surface area contributed by atoms with Crippen molar-refractivity contribution in [2.75, 3.05) is 6.54 Å². The van der Waals surface area contributed by atoms with Gasteiger partial charge < -0.3 is 11.1 Å². The molecule has 1 aromatic rings. The summed E-state index contributed by atoms with van der Waals surface area (Å²) in [6.45, 7) is 0.392. The fourth-order valence-corrected chi connectivity index (χ4v) is 3.16. The van der Waals surface area contributed by atoms with Crippen LogP contribution in [0.25, 0.3) is 0 Å².